The number of carbonyl (C=O) groups excluding carboxylic acids is 1. The van der Waals surface area contributed by atoms with E-state index < -0.39 is 11.6 Å². The predicted molar refractivity (Wildman–Crippen MR) is 66.0 cm³/mol. The van der Waals surface area contributed by atoms with Crippen LogP contribution in [-0.4, -0.2) is 29.2 Å². The highest BCUT2D eigenvalue weighted by atomic mass is 16.3. The van der Waals surface area contributed by atoms with E-state index in [9.17, 15) is 9.90 Å². The van der Waals surface area contributed by atoms with Gasteiger partial charge in [-0.15, -0.1) is 0 Å². The maximum absolute atomic E-state index is 11.9. The Bertz CT molecular complexity index is 207. The van der Waals surface area contributed by atoms with Crippen LogP contribution in [0, 0.1) is 5.92 Å². The summed E-state index contributed by atoms with van der Waals surface area (Å²) in [4.78, 5) is 11.9. The Balaban J connectivity index is 4.52. The first kappa shape index (κ1) is 15.4. The molecule has 4 N–H and O–H groups in total. The van der Waals surface area contributed by atoms with Gasteiger partial charge in [-0.05, 0) is 18.8 Å². The zero-order valence-corrected chi connectivity index (χ0v) is 10.9. The normalized spacial score (nSPS) is 15.6. The molecule has 0 saturated carbocycles. The van der Waals surface area contributed by atoms with Crippen LogP contribution < -0.4 is 11.1 Å². The lowest BCUT2D eigenvalue weighted by atomic mass is 9.92. The van der Waals surface area contributed by atoms with Crippen molar-refractivity contribution in [1.29, 1.82) is 0 Å². The lowest BCUT2D eigenvalue weighted by Crippen LogP contribution is -2.56. The van der Waals surface area contributed by atoms with Crippen LogP contribution >= 0.6 is 0 Å². The predicted octanol–water partition coefficient (Wildman–Crippen LogP) is 1.03. The molecule has 0 aliphatic rings. The quantitative estimate of drug-likeness (QED) is 0.611. The molecule has 0 aromatic heterocycles. The maximum Gasteiger partial charge on any atom is 0.237 e. The topological polar surface area (TPSA) is 75.4 Å². The van der Waals surface area contributed by atoms with E-state index in [1.807, 2.05) is 27.7 Å². The fourth-order valence-electron chi connectivity index (χ4n) is 1.55. The van der Waals surface area contributed by atoms with E-state index in [1.54, 1.807) is 0 Å². The SMILES string of the molecule is CCC(C)[C@H](N)C(=O)NC(CC)(CC)CO. The van der Waals surface area contributed by atoms with Crippen molar-refractivity contribution in [2.24, 2.45) is 11.7 Å². The molecule has 4 heteroatoms. The first-order valence-electron chi connectivity index (χ1n) is 6.14. The van der Waals surface area contributed by atoms with Gasteiger partial charge in [-0.25, -0.2) is 0 Å². The number of nitrogens with two attached hydrogens (primary N) is 1. The van der Waals surface area contributed by atoms with E-state index in [0.29, 0.717) is 12.8 Å². The lowest BCUT2D eigenvalue weighted by molar-refractivity contribution is -0.126. The fraction of sp³-hybridized carbons (Fsp3) is 0.917. The molecule has 0 rings (SSSR count). The van der Waals surface area contributed by atoms with E-state index in [1.165, 1.54) is 0 Å². The molecule has 1 amide bonds. The molecule has 0 spiro atoms. The number of rotatable bonds is 7. The molecular formula is C12H26N2O2. The Kier molecular flexibility index (Phi) is 6.60. The molecule has 0 aliphatic carbocycles. The molecule has 4 nitrogen and oxygen atoms in total. The summed E-state index contributed by atoms with van der Waals surface area (Å²) >= 11 is 0. The van der Waals surface area contributed by atoms with Gasteiger partial charge in [0, 0.05) is 0 Å². The Morgan fingerprint density at radius 2 is 1.88 bits per heavy atom. The van der Waals surface area contributed by atoms with Crippen LogP contribution in [0.25, 0.3) is 0 Å². The number of hydrogen-bond donors (Lipinski definition) is 3. The smallest absolute Gasteiger partial charge is 0.237 e. The highest BCUT2D eigenvalue weighted by Crippen LogP contribution is 2.15. The van der Waals surface area contributed by atoms with Crippen LogP contribution in [0.5, 0.6) is 0 Å². The number of aliphatic hydroxyl groups is 1. The largest absolute Gasteiger partial charge is 0.394 e. The van der Waals surface area contributed by atoms with Crippen molar-refractivity contribution in [3.63, 3.8) is 0 Å². The molecule has 0 fully saturated rings. The Morgan fingerprint density at radius 3 is 2.19 bits per heavy atom. The van der Waals surface area contributed by atoms with Gasteiger partial charge in [-0.3, -0.25) is 4.79 Å². The molecule has 16 heavy (non-hydrogen) atoms. The van der Waals surface area contributed by atoms with E-state index >= 15 is 0 Å². The summed E-state index contributed by atoms with van der Waals surface area (Å²) in [5.74, 6) is -0.00259. The summed E-state index contributed by atoms with van der Waals surface area (Å²) in [7, 11) is 0. The molecule has 0 bridgehead atoms. The van der Waals surface area contributed by atoms with Crippen LogP contribution in [0.1, 0.15) is 47.0 Å². The summed E-state index contributed by atoms with van der Waals surface area (Å²) in [6.45, 7) is 7.84. The van der Waals surface area contributed by atoms with Gasteiger partial charge in [-0.1, -0.05) is 34.1 Å². The first-order chi connectivity index (χ1) is 7.46. The van der Waals surface area contributed by atoms with Crippen molar-refractivity contribution >= 4 is 5.91 Å². The van der Waals surface area contributed by atoms with Crippen molar-refractivity contribution in [3.05, 3.63) is 0 Å². The van der Waals surface area contributed by atoms with E-state index in [-0.39, 0.29) is 18.4 Å². The third-order valence-corrected chi connectivity index (χ3v) is 3.60. The second kappa shape index (κ2) is 6.86. The minimum absolute atomic E-state index is 0.0427. The van der Waals surface area contributed by atoms with Crippen LogP contribution in [-0.2, 0) is 4.79 Å². The van der Waals surface area contributed by atoms with E-state index in [2.05, 4.69) is 5.32 Å². The van der Waals surface area contributed by atoms with Crippen molar-refractivity contribution < 1.29 is 9.90 Å². The van der Waals surface area contributed by atoms with Crippen LogP contribution in [0.2, 0.25) is 0 Å². The maximum atomic E-state index is 11.9. The molecule has 1 unspecified atom stereocenters. The third kappa shape index (κ3) is 3.76. The molecule has 96 valence electrons. The molecule has 0 saturated heterocycles. The molecule has 0 heterocycles. The summed E-state index contributed by atoms with van der Waals surface area (Å²) in [6, 6.07) is -0.492. The van der Waals surface area contributed by atoms with Crippen molar-refractivity contribution in [2.45, 2.75) is 58.5 Å². The van der Waals surface area contributed by atoms with Gasteiger partial charge in [-0.2, -0.15) is 0 Å². The second-order valence-electron chi connectivity index (χ2n) is 4.55. The minimum Gasteiger partial charge on any atom is -0.394 e. The standard InChI is InChI=1S/C12H26N2O2/c1-5-9(4)10(13)11(16)14-12(6-2,7-3)8-15/h9-10,15H,5-8,13H2,1-4H3,(H,14,16)/t9?,10-/m0/s1. The fourth-order valence-corrected chi connectivity index (χ4v) is 1.55. The summed E-state index contributed by atoms with van der Waals surface area (Å²) < 4.78 is 0. The van der Waals surface area contributed by atoms with Gasteiger partial charge >= 0.3 is 0 Å². The van der Waals surface area contributed by atoms with Crippen molar-refractivity contribution in [1.82, 2.24) is 5.32 Å². The van der Waals surface area contributed by atoms with Gasteiger partial charge < -0.3 is 16.2 Å². The van der Waals surface area contributed by atoms with Gasteiger partial charge in [0.2, 0.25) is 5.91 Å². The molecule has 0 aromatic carbocycles. The number of nitrogens with one attached hydrogen (secondary N) is 1. The van der Waals surface area contributed by atoms with Gasteiger partial charge in [0.25, 0.3) is 0 Å². The van der Waals surface area contributed by atoms with Gasteiger partial charge in [0.05, 0.1) is 18.2 Å². The zero-order chi connectivity index (χ0) is 12.8. The molecule has 2 atom stereocenters. The van der Waals surface area contributed by atoms with Gasteiger partial charge in [0.1, 0.15) is 0 Å². The summed E-state index contributed by atoms with van der Waals surface area (Å²) in [6.07, 6.45) is 2.29. The highest BCUT2D eigenvalue weighted by Gasteiger charge is 2.30. The number of amides is 1. The molecule has 0 radical (unpaired) electrons. The van der Waals surface area contributed by atoms with E-state index in [4.69, 9.17) is 5.73 Å². The average Bonchev–Trinajstić information content (AvgIpc) is 2.33. The Hall–Kier alpha value is -0.610. The highest BCUT2D eigenvalue weighted by molar-refractivity contribution is 5.82. The van der Waals surface area contributed by atoms with Crippen molar-refractivity contribution in [3.8, 4) is 0 Å². The summed E-state index contributed by atoms with van der Waals surface area (Å²) in [5.41, 5.74) is 5.34. The molecular weight excluding hydrogens is 204 g/mol. The zero-order valence-electron chi connectivity index (χ0n) is 10.9. The minimum atomic E-state index is -0.512. The van der Waals surface area contributed by atoms with Gasteiger partial charge in [0.15, 0.2) is 0 Å². The Morgan fingerprint density at radius 1 is 1.38 bits per heavy atom. The van der Waals surface area contributed by atoms with Crippen LogP contribution in [0.3, 0.4) is 0 Å². The van der Waals surface area contributed by atoms with E-state index in [0.717, 1.165) is 6.42 Å². The number of aliphatic hydroxyl groups excluding tert-OH is 1. The monoisotopic (exact) mass is 230 g/mol. The first-order valence-corrected chi connectivity index (χ1v) is 6.14. The van der Waals surface area contributed by atoms with Crippen molar-refractivity contribution in [2.75, 3.05) is 6.61 Å². The average molecular weight is 230 g/mol. The van der Waals surface area contributed by atoms with Crippen LogP contribution in [0.4, 0.5) is 0 Å². The number of hydrogen-bond acceptors (Lipinski definition) is 3. The second-order valence-corrected chi connectivity index (χ2v) is 4.55. The number of carbonyl (C=O) groups is 1. The molecule has 0 aliphatic heterocycles. The Labute approximate surface area is 98.6 Å². The lowest BCUT2D eigenvalue weighted by Gasteiger charge is -2.32. The third-order valence-electron chi connectivity index (χ3n) is 3.60. The van der Waals surface area contributed by atoms with Crippen LogP contribution in [0.15, 0.2) is 0 Å². The molecule has 0 aromatic rings. The summed E-state index contributed by atoms with van der Waals surface area (Å²) in [5, 5.41) is 12.2.